The summed E-state index contributed by atoms with van der Waals surface area (Å²) in [6.45, 7) is 9.59. The Labute approximate surface area is 127 Å². The number of rotatable bonds is 6. The van der Waals surface area contributed by atoms with Gasteiger partial charge in [-0.25, -0.2) is 0 Å². The van der Waals surface area contributed by atoms with E-state index in [1.54, 1.807) is 0 Å². The maximum Gasteiger partial charge on any atom is 0.251 e. The van der Waals surface area contributed by atoms with Crippen LogP contribution in [0.4, 0.5) is 0 Å². The molecular formula is C17H26N2O2. The van der Waals surface area contributed by atoms with Gasteiger partial charge in [-0.15, -0.1) is 0 Å². The van der Waals surface area contributed by atoms with Gasteiger partial charge in [0.1, 0.15) is 0 Å². The number of hydrogen-bond acceptors (Lipinski definition) is 3. The van der Waals surface area contributed by atoms with Gasteiger partial charge in [0.15, 0.2) is 0 Å². The molecule has 21 heavy (non-hydrogen) atoms. The molecule has 2 rings (SSSR count). The maximum atomic E-state index is 12.0. The summed E-state index contributed by atoms with van der Waals surface area (Å²) in [4.78, 5) is 14.4. The van der Waals surface area contributed by atoms with Crippen molar-refractivity contribution in [3.05, 3.63) is 35.4 Å². The van der Waals surface area contributed by atoms with Crippen LogP contribution in [0.15, 0.2) is 24.3 Å². The van der Waals surface area contributed by atoms with Gasteiger partial charge in [0.25, 0.3) is 5.91 Å². The molecule has 1 saturated heterocycles. The molecule has 1 fully saturated rings. The number of carbonyl (C=O) groups is 1. The van der Waals surface area contributed by atoms with Crippen molar-refractivity contribution < 1.29 is 9.53 Å². The summed E-state index contributed by atoms with van der Waals surface area (Å²) in [5, 5.41) is 2.97. The van der Waals surface area contributed by atoms with Gasteiger partial charge in [-0.1, -0.05) is 26.0 Å². The lowest BCUT2D eigenvalue weighted by atomic mass is 10.1. The second-order valence-corrected chi connectivity index (χ2v) is 6.02. The number of amides is 1. The van der Waals surface area contributed by atoms with Gasteiger partial charge in [-0.3, -0.25) is 9.69 Å². The molecule has 0 unspecified atom stereocenters. The molecule has 1 aromatic rings. The minimum absolute atomic E-state index is 0.0218. The molecule has 4 nitrogen and oxygen atoms in total. The Morgan fingerprint density at radius 2 is 1.90 bits per heavy atom. The van der Waals surface area contributed by atoms with Crippen molar-refractivity contribution >= 4 is 5.91 Å². The number of benzene rings is 1. The highest BCUT2D eigenvalue weighted by Gasteiger charge is 2.11. The Morgan fingerprint density at radius 3 is 2.52 bits per heavy atom. The highest BCUT2D eigenvalue weighted by atomic mass is 16.5. The first-order valence-electron chi connectivity index (χ1n) is 7.82. The fourth-order valence-electron chi connectivity index (χ4n) is 2.36. The Balaban J connectivity index is 1.81. The summed E-state index contributed by atoms with van der Waals surface area (Å²) in [6.07, 6.45) is 1.01. The molecule has 0 saturated carbocycles. The Kier molecular flexibility index (Phi) is 6.21. The van der Waals surface area contributed by atoms with Crippen LogP contribution in [-0.2, 0) is 11.3 Å². The second kappa shape index (κ2) is 8.15. The average molecular weight is 290 g/mol. The summed E-state index contributed by atoms with van der Waals surface area (Å²) < 4.78 is 5.35. The van der Waals surface area contributed by atoms with Gasteiger partial charge in [0, 0.05) is 31.7 Å². The monoisotopic (exact) mass is 290 g/mol. The first kappa shape index (κ1) is 16.0. The predicted octanol–water partition coefficient (Wildman–Crippen LogP) is 2.29. The summed E-state index contributed by atoms with van der Waals surface area (Å²) in [5.41, 5.74) is 1.99. The molecule has 1 N–H and O–H groups in total. The predicted molar refractivity (Wildman–Crippen MR) is 84.3 cm³/mol. The number of morpholine rings is 1. The van der Waals surface area contributed by atoms with Gasteiger partial charge in [-0.05, 0) is 30.0 Å². The van der Waals surface area contributed by atoms with Crippen LogP contribution in [0.2, 0.25) is 0 Å². The van der Waals surface area contributed by atoms with E-state index in [4.69, 9.17) is 4.74 Å². The lowest BCUT2D eigenvalue weighted by molar-refractivity contribution is 0.0342. The maximum absolute atomic E-state index is 12.0. The van der Waals surface area contributed by atoms with E-state index in [1.807, 2.05) is 24.3 Å². The Hall–Kier alpha value is -1.39. The molecule has 1 aromatic carbocycles. The molecule has 1 heterocycles. The largest absolute Gasteiger partial charge is 0.379 e. The first-order valence-corrected chi connectivity index (χ1v) is 7.82. The van der Waals surface area contributed by atoms with E-state index < -0.39 is 0 Å². The van der Waals surface area contributed by atoms with Crippen molar-refractivity contribution in [1.29, 1.82) is 0 Å². The molecule has 0 spiro atoms. The minimum Gasteiger partial charge on any atom is -0.379 e. The standard InChI is InChI=1S/C17H26N2O2/c1-14(2)7-8-18-17(20)16-5-3-15(4-6-16)13-19-9-11-21-12-10-19/h3-6,14H,7-13H2,1-2H3,(H,18,20). The molecule has 4 heteroatoms. The van der Waals surface area contributed by atoms with Crippen LogP contribution in [0.5, 0.6) is 0 Å². The molecule has 116 valence electrons. The third-order valence-electron chi connectivity index (χ3n) is 3.73. The first-order chi connectivity index (χ1) is 10.1. The zero-order valence-corrected chi connectivity index (χ0v) is 13.1. The van der Waals surface area contributed by atoms with Crippen molar-refractivity contribution in [1.82, 2.24) is 10.2 Å². The second-order valence-electron chi connectivity index (χ2n) is 6.02. The van der Waals surface area contributed by atoms with Crippen LogP contribution >= 0.6 is 0 Å². The van der Waals surface area contributed by atoms with Gasteiger partial charge in [0.2, 0.25) is 0 Å². The number of ether oxygens (including phenoxy) is 1. The molecule has 0 aliphatic carbocycles. The third-order valence-corrected chi connectivity index (χ3v) is 3.73. The lowest BCUT2D eigenvalue weighted by Gasteiger charge is -2.26. The smallest absolute Gasteiger partial charge is 0.251 e. The molecule has 0 bridgehead atoms. The van der Waals surface area contributed by atoms with Gasteiger partial charge < -0.3 is 10.1 Å². The topological polar surface area (TPSA) is 41.6 Å². The van der Waals surface area contributed by atoms with Gasteiger partial charge in [0.05, 0.1) is 13.2 Å². The SMILES string of the molecule is CC(C)CCNC(=O)c1ccc(CN2CCOCC2)cc1. The van der Waals surface area contributed by atoms with E-state index >= 15 is 0 Å². The zero-order valence-electron chi connectivity index (χ0n) is 13.1. The molecular weight excluding hydrogens is 264 g/mol. The van der Waals surface area contributed by atoms with E-state index in [1.165, 1.54) is 5.56 Å². The van der Waals surface area contributed by atoms with Crippen LogP contribution in [0.3, 0.4) is 0 Å². The Bertz CT molecular complexity index is 437. The van der Waals surface area contributed by atoms with E-state index in [0.717, 1.165) is 51.4 Å². The lowest BCUT2D eigenvalue weighted by Crippen LogP contribution is -2.35. The minimum atomic E-state index is 0.0218. The van der Waals surface area contributed by atoms with Crippen LogP contribution in [0.1, 0.15) is 36.2 Å². The highest BCUT2D eigenvalue weighted by Crippen LogP contribution is 2.09. The summed E-state index contributed by atoms with van der Waals surface area (Å²) in [5.74, 6) is 0.634. The average Bonchev–Trinajstić information content (AvgIpc) is 2.48. The Morgan fingerprint density at radius 1 is 1.24 bits per heavy atom. The van der Waals surface area contributed by atoms with Crippen LogP contribution in [0, 0.1) is 5.92 Å². The molecule has 0 radical (unpaired) electrons. The van der Waals surface area contributed by atoms with Crippen molar-refractivity contribution in [2.24, 2.45) is 5.92 Å². The summed E-state index contributed by atoms with van der Waals surface area (Å²) >= 11 is 0. The number of carbonyl (C=O) groups excluding carboxylic acids is 1. The molecule has 1 aliphatic heterocycles. The van der Waals surface area contributed by atoms with Gasteiger partial charge >= 0.3 is 0 Å². The number of nitrogens with one attached hydrogen (secondary N) is 1. The van der Waals surface area contributed by atoms with Crippen molar-refractivity contribution in [2.45, 2.75) is 26.8 Å². The molecule has 0 aromatic heterocycles. The summed E-state index contributed by atoms with van der Waals surface area (Å²) in [6, 6.07) is 7.93. The zero-order chi connectivity index (χ0) is 15.1. The quantitative estimate of drug-likeness (QED) is 0.874. The van der Waals surface area contributed by atoms with Crippen molar-refractivity contribution in [3.63, 3.8) is 0 Å². The fraction of sp³-hybridized carbons (Fsp3) is 0.588. The summed E-state index contributed by atoms with van der Waals surface area (Å²) in [7, 11) is 0. The third kappa shape index (κ3) is 5.48. The van der Waals surface area contributed by atoms with E-state index in [0.29, 0.717) is 5.92 Å². The van der Waals surface area contributed by atoms with Crippen LogP contribution in [-0.4, -0.2) is 43.7 Å². The highest BCUT2D eigenvalue weighted by molar-refractivity contribution is 5.94. The number of nitrogens with zero attached hydrogens (tertiary/aromatic N) is 1. The van der Waals surface area contributed by atoms with Gasteiger partial charge in [-0.2, -0.15) is 0 Å². The molecule has 0 atom stereocenters. The van der Waals surface area contributed by atoms with Crippen LogP contribution < -0.4 is 5.32 Å². The van der Waals surface area contributed by atoms with Crippen molar-refractivity contribution in [3.8, 4) is 0 Å². The van der Waals surface area contributed by atoms with E-state index in [-0.39, 0.29) is 5.91 Å². The molecule has 1 aliphatic rings. The molecule has 1 amide bonds. The number of hydrogen-bond donors (Lipinski definition) is 1. The normalized spacial score (nSPS) is 16.1. The van der Waals surface area contributed by atoms with Crippen LogP contribution in [0.25, 0.3) is 0 Å². The van der Waals surface area contributed by atoms with E-state index in [9.17, 15) is 4.79 Å². The fourth-order valence-corrected chi connectivity index (χ4v) is 2.36. The van der Waals surface area contributed by atoms with Crippen molar-refractivity contribution in [2.75, 3.05) is 32.8 Å². The van der Waals surface area contributed by atoms with E-state index in [2.05, 4.69) is 24.1 Å².